The molecule has 2 N–H and O–H groups in total. The van der Waals surface area contributed by atoms with E-state index >= 15 is 0 Å². The van der Waals surface area contributed by atoms with Gasteiger partial charge in [0.1, 0.15) is 0 Å². The van der Waals surface area contributed by atoms with Crippen LogP contribution in [-0.2, 0) is 24.9 Å². The number of benzene rings is 1. The zero-order valence-corrected chi connectivity index (χ0v) is 16.3. The molecule has 0 atom stereocenters. The van der Waals surface area contributed by atoms with Gasteiger partial charge in [-0.2, -0.15) is 0 Å². The molecule has 2 heterocycles. The number of carbonyl (C=O) groups excluding carboxylic acids is 1. The molecular weight excluding hydrogens is 400 g/mol. The molecule has 0 aliphatic rings. The first-order chi connectivity index (χ1) is 14.2. The maximum absolute atomic E-state index is 13.5. The fourth-order valence-corrected chi connectivity index (χ4v) is 2.84. The fraction of sp³-hybridized carbons (Fsp3) is 0.333. The average molecular weight is 419 g/mol. The number of nitrogens with two attached hydrogens (primary N) is 1. The monoisotopic (exact) mass is 419 g/mol. The van der Waals surface area contributed by atoms with Crippen molar-refractivity contribution in [2.24, 2.45) is 12.8 Å². The van der Waals surface area contributed by atoms with E-state index in [1.165, 1.54) is 25.1 Å². The van der Waals surface area contributed by atoms with Crippen LogP contribution in [0.4, 0.5) is 8.78 Å². The lowest BCUT2D eigenvalue weighted by Gasteiger charge is -2.16. The van der Waals surface area contributed by atoms with Gasteiger partial charge in [-0.25, -0.2) is 18.6 Å². The molecule has 1 aromatic carbocycles. The topological polar surface area (TPSA) is 129 Å². The molecule has 0 spiro atoms. The number of carbonyl (C=O) groups is 1. The maximum atomic E-state index is 13.5. The summed E-state index contributed by atoms with van der Waals surface area (Å²) in [5, 5.41) is 7.85. The molecule has 3 aromatic rings. The van der Waals surface area contributed by atoms with Crippen molar-refractivity contribution >= 4 is 17.1 Å². The van der Waals surface area contributed by atoms with Crippen LogP contribution in [0.3, 0.4) is 0 Å². The highest BCUT2D eigenvalue weighted by molar-refractivity contribution is 5.76. The van der Waals surface area contributed by atoms with Crippen LogP contribution >= 0.6 is 0 Å². The maximum Gasteiger partial charge on any atom is 0.332 e. The van der Waals surface area contributed by atoms with Crippen molar-refractivity contribution in [3.8, 4) is 0 Å². The summed E-state index contributed by atoms with van der Waals surface area (Å²) in [5.74, 6) is -2.20. The summed E-state index contributed by atoms with van der Waals surface area (Å²) in [4.78, 5) is 42.5. The minimum Gasteiger partial charge on any atom is -0.338 e. The summed E-state index contributed by atoms with van der Waals surface area (Å²) < 4.78 is 28.7. The van der Waals surface area contributed by atoms with Gasteiger partial charge >= 0.3 is 5.69 Å². The first-order valence-corrected chi connectivity index (χ1v) is 8.94. The molecule has 0 aliphatic carbocycles. The van der Waals surface area contributed by atoms with Crippen LogP contribution in [0.5, 0.6) is 0 Å². The lowest BCUT2D eigenvalue weighted by Crippen LogP contribution is -2.39. The van der Waals surface area contributed by atoms with E-state index in [1.807, 2.05) is 0 Å². The third-order valence-corrected chi connectivity index (χ3v) is 4.48. The van der Waals surface area contributed by atoms with Crippen molar-refractivity contribution < 1.29 is 13.6 Å². The van der Waals surface area contributed by atoms with E-state index in [4.69, 9.17) is 5.73 Å². The van der Waals surface area contributed by atoms with Crippen LogP contribution < -0.4 is 17.0 Å². The van der Waals surface area contributed by atoms with Crippen molar-refractivity contribution in [3.63, 3.8) is 0 Å². The third-order valence-electron chi connectivity index (χ3n) is 4.48. The number of halogens is 2. The van der Waals surface area contributed by atoms with Crippen molar-refractivity contribution in [2.75, 3.05) is 13.6 Å². The number of fused-ring (bicyclic) bond motifs is 1. The molecule has 0 aliphatic heterocycles. The number of rotatable bonds is 6. The predicted molar refractivity (Wildman–Crippen MR) is 102 cm³/mol. The SMILES string of the molecule is CN(Cc1nnc2c(n1)c(=O)n(C)c(=O)n2Cc1ccc(F)c(F)c1)C(=O)CCN. The summed E-state index contributed by atoms with van der Waals surface area (Å²) in [5.41, 5.74) is 4.02. The van der Waals surface area contributed by atoms with Crippen LogP contribution in [-0.4, -0.2) is 48.7 Å². The largest absolute Gasteiger partial charge is 0.338 e. The van der Waals surface area contributed by atoms with Crippen LogP contribution in [0.15, 0.2) is 27.8 Å². The molecule has 158 valence electrons. The van der Waals surface area contributed by atoms with Gasteiger partial charge in [0.05, 0.1) is 13.1 Å². The van der Waals surface area contributed by atoms with Gasteiger partial charge in [-0.05, 0) is 17.7 Å². The molecule has 0 radical (unpaired) electrons. The van der Waals surface area contributed by atoms with Gasteiger partial charge in [-0.3, -0.25) is 18.7 Å². The van der Waals surface area contributed by atoms with Gasteiger partial charge in [0.15, 0.2) is 28.6 Å². The van der Waals surface area contributed by atoms with Gasteiger partial charge in [-0.1, -0.05) is 6.07 Å². The average Bonchev–Trinajstić information content (AvgIpc) is 2.72. The van der Waals surface area contributed by atoms with Gasteiger partial charge in [-0.15, -0.1) is 10.2 Å². The highest BCUT2D eigenvalue weighted by Crippen LogP contribution is 2.11. The highest BCUT2D eigenvalue weighted by Gasteiger charge is 2.17. The minimum absolute atomic E-state index is 0.00672. The Balaban J connectivity index is 2.06. The summed E-state index contributed by atoms with van der Waals surface area (Å²) in [6, 6.07) is 3.21. The first-order valence-electron chi connectivity index (χ1n) is 8.94. The minimum atomic E-state index is -1.06. The van der Waals surface area contributed by atoms with E-state index in [0.29, 0.717) is 0 Å². The van der Waals surface area contributed by atoms with E-state index in [-0.39, 0.29) is 54.5 Å². The van der Waals surface area contributed by atoms with E-state index in [0.717, 1.165) is 21.3 Å². The summed E-state index contributed by atoms with van der Waals surface area (Å²) in [6.07, 6.45) is 0.146. The normalized spacial score (nSPS) is 11.1. The van der Waals surface area contributed by atoms with E-state index in [1.54, 1.807) is 0 Å². The second kappa shape index (κ2) is 8.45. The number of hydrogen-bond acceptors (Lipinski definition) is 7. The molecule has 0 bridgehead atoms. The van der Waals surface area contributed by atoms with Crippen molar-refractivity contribution in [1.29, 1.82) is 0 Å². The van der Waals surface area contributed by atoms with Gasteiger partial charge < -0.3 is 10.6 Å². The quantitative estimate of drug-likeness (QED) is 0.571. The summed E-state index contributed by atoms with van der Waals surface area (Å²) in [7, 11) is 2.80. The van der Waals surface area contributed by atoms with Crippen LogP contribution in [0, 0.1) is 11.6 Å². The lowest BCUT2D eigenvalue weighted by molar-refractivity contribution is -0.130. The Morgan fingerprint density at radius 2 is 1.93 bits per heavy atom. The molecule has 0 unspecified atom stereocenters. The van der Waals surface area contributed by atoms with Crippen LogP contribution in [0.1, 0.15) is 17.8 Å². The zero-order valence-electron chi connectivity index (χ0n) is 16.3. The van der Waals surface area contributed by atoms with Crippen molar-refractivity contribution in [3.05, 3.63) is 62.1 Å². The van der Waals surface area contributed by atoms with E-state index < -0.39 is 22.9 Å². The van der Waals surface area contributed by atoms with E-state index in [9.17, 15) is 23.2 Å². The molecule has 3 rings (SSSR count). The number of hydrogen-bond donors (Lipinski definition) is 1. The first kappa shape index (κ1) is 21.2. The Kier molecular flexibility index (Phi) is 5.96. The Morgan fingerprint density at radius 3 is 2.60 bits per heavy atom. The Hall–Kier alpha value is -3.54. The molecule has 0 fully saturated rings. The molecule has 10 nitrogen and oxygen atoms in total. The van der Waals surface area contributed by atoms with Gasteiger partial charge in [0, 0.05) is 27.1 Å². The fourth-order valence-electron chi connectivity index (χ4n) is 2.84. The predicted octanol–water partition coefficient (Wildman–Crippen LogP) is -0.481. The summed E-state index contributed by atoms with van der Waals surface area (Å²) >= 11 is 0. The molecule has 0 saturated heterocycles. The third kappa shape index (κ3) is 4.08. The van der Waals surface area contributed by atoms with Crippen LogP contribution in [0.25, 0.3) is 11.2 Å². The smallest absolute Gasteiger partial charge is 0.332 e. The van der Waals surface area contributed by atoms with Gasteiger partial charge in [0.25, 0.3) is 5.56 Å². The Labute approximate surface area is 168 Å². The second-order valence-corrected chi connectivity index (χ2v) is 6.67. The molecule has 1 amide bonds. The van der Waals surface area contributed by atoms with E-state index in [2.05, 4.69) is 15.2 Å². The van der Waals surface area contributed by atoms with Gasteiger partial charge in [0.2, 0.25) is 5.91 Å². The second-order valence-electron chi connectivity index (χ2n) is 6.67. The number of aromatic nitrogens is 5. The number of amides is 1. The molecule has 0 saturated carbocycles. The molecule has 2 aromatic heterocycles. The number of nitrogens with zero attached hydrogens (tertiary/aromatic N) is 6. The Morgan fingerprint density at radius 1 is 1.20 bits per heavy atom. The van der Waals surface area contributed by atoms with Crippen molar-refractivity contribution in [2.45, 2.75) is 19.5 Å². The van der Waals surface area contributed by atoms with Crippen molar-refractivity contribution in [1.82, 2.24) is 29.2 Å². The zero-order chi connectivity index (χ0) is 22.0. The summed E-state index contributed by atoms with van der Waals surface area (Å²) in [6.45, 7) is 0.00920. The lowest BCUT2D eigenvalue weighted by atomic mass is 10.2. The standard InChI is InChI=1S/C18H19F2N7O3/c1-25(14(28)5-6-21)9-13-22-15-16(24-23-13)27(18(30)26(2)17(15)29)8-10-3-4-11(19)12(20)7-10/h3-4,7H,5-6,8-9,21H2,1-2H3. The molecular formula is C18H19F2N7O3. The molecule has 12 heteroatoms. The highest BCUT2D eigenvalue weighted by atomic mass is 19.2. The Bertz CT molecular complexity index is 1240. The molecule has 30 heavy (non-hydrogen) atoms. The van der Waals surface area contributed by atoms with Crippen LogP contribution in [0.2, 0.25) is 0 Å².